The fraction of sp³-hybridized carbons (Fsp3) is 0.636. The van der Waals surface area contributed by atoms with E-state index < -0.39 is 5.54 Å². The molecule has 0 aromatic carbocycles. The Morgan fingerprint density at radius 1 is 1.69 bits per heavy atom. The molecule has 0 aliphatic carbocycles. The second kappa shape index (κ2) is 4.86. The Kier molecular flexibility index (Phi) is 3.95. The third kappa shape index (κ3) is 2.97. The van der Waals surface area contributed by atoms with Crippen LogP contribution in [0.4, 0.5) is 0 Å². The summed E-state index contributed by atoms with van der Waals surface area (Å²) in [4.78, 5) is 0. The second-order valence-electron chi connectivity index (χ2n) is 4.48. The smallest absolute Gasteiger partial charge is 0.123 e. The Balaban J connectivity index is 2.86. The first-order valence-corrected chi connectivity index (χ1v) is 5.62. The molecule has 5 heteroatoms. The summed E-state index contributed by atoms with van der Waals surface area (Å²) in [6.45, 7) is 8.27. The zero-order chi connectivity index (χ0) is 12.3. The topological polar surface area (TPSA) is 53.6 Å². The molecule has 4 nitrogen and oxygen atoms in total. The van der Waals surface area contributed by atoms with E-state index in [1.165, 1.54) is 0 Å². The van der Waals surface area contributed by atoms with Crippen LogP contribution in [-0.2, 0) is 6.54 Å². The predicted molar refractivity (Wildman–Crippen MR) is 64.3 cm³/mol. The van der Waals surface area contributed by atoms with E-state index >= 15 is 0 Å². The van der Waals surface area contributed by atoms with Gasteiger partial charge in [0.25, 0.3) is 0 Å². The van der Waals surface area contributed by atoms with Gasteiger partial charge in [-0.15, -0.1) is 0 Å². The number of nitrogens with zero attached hydrogens (tertiary/aromatic N) is 3. The highest BCUT2D eigenvalue weighted by Gasteiger charge is 2.26. The number of nitriles is 1. The maximum absolute atomic E-state index is 9.21. The van der Waals surface area contributed by atoms with Crippen LogP contribution in [0.3, 0.4) is 0 Å². The Morgan fingerprint density at radius 3 is 2.69 bits per heavy atom. The van der Waals surface area contributed by atoms with Crippen LogP contribution in [0.15, 0.2) is 6.20 Å². The summed E-state index contributed by atoms with van der Waals surface area (Å²) in [5.74, 6) is 0. The Morgan fingerprint density at radius 2 is 2.31 bits per heavy atom. The van der Waals surface area contributed by atoms with Crippen molar-refractivity contribution in [3.8, 4) is 6.07 Å². The van der Waals surface area contributed by atoms with Crippen molar-refractivity contribution in [2.24, 2.45) is 0 Å². The molecule has 0 fully saturated rings. The zero-order valence-electron chi connectivity index (χ0n) is 10.1. The number of hydrogen-bond donors (Lipinski definition) is 1. The normalized spacial score (nSPS) is 14.8. The maximum atomic E-state index is 9.21. The monoisotopic (exact) mass is 240 g/mol. The van der Waals surface area contributed by atoms with Crippen LogP contribution in [-0.4, -0.2) is 21.4 Å². The Bertz CT molecular complexity index is 405. The SMILES string of the molecule is Cc1c(Cl)cnn1CC(C)(C#N)NC(C)C. The lowest BCUT2D eigenvalue weighted by atomic mass is 10.0. The molecular weight excluding hydrogens is 224 g/mol. The fourth-order valence-corrected chi connectivity index (χ4v) is 1.77. The Hall–Kier alpha value is -1.05. The molecule has 1 atom stereocenters. The van der Waals surface area contributed by atoms with Gasteiger partial charge in [0, 0.05) is 6.04 Å². The van der Waals surface area contributed by atoms with Crippen LogP contribution in [0.2, 0.25) is 5.02 Å². The van der Waals surface area contributed by atoms with E-state index in [0.29, 0.717) is 11.6 Å². The second-order valence-corrected chi connectivity index (χ2v) is 4.89. The number of halogens is 1. The van der Waals surface area contributed by atoms with Gasteiger partial charge in [-0.05, 0) is 27.7 Å². The van der Waals surface area contributed by atoms with Crippen molar-refractivity contribution in [2.75, 3.05) is 0 Å². The van der Waals surface area contributed by atoms with E-state index in [0.717, 1.165) is 5.69 Å². The molecule has 0 saturated carbocycles. The average Bonchev–Trinajstić information content (AvgIpc) is 2.48. The largest absolute Gasteiger partial charge is 0.296 e. The van der Waals surface area contributed by atoms with E-state index in [1.54, 1.807) is 10.9 Å². The van der Waals surface area contributed by atoms with Gasteiger partial charge in [-0.1, -0.05) is 11.6 Å². The molecule has 1 rings (SSSR count). The molecule has 16 heavy (non-hydrogen) atoms. The van der Waals surface area contributed by atoms with E-state index in [4.69, 9.17) is 11.6 Å². The third-order valence-electron chi connectivity index (χ3n) is 2.36. The first-order valence-electron chi connectivity index (χ1n) is 5.25. The first-order chi connectivity index (χ1) is 7.38. The van der Waals surface area contributed by atoms with Crippen molar-refractivity contribution in [1.29, 1.82) is 5.26 Å². The first kappa shape index (κ1) is 13.0. The molecule has 0 aliphatic rings. The maximum Gasteiger partial charge on any atom is 0.123 e. The lowest BCUT2D eigenvalue weighted by Gasteiger charge is -2.26. The van der Waals surface area contributed by atoms with E-state index in [2.05, 4.69) is 16.5 Å². The molecule has 0 amide bonds. The summed E-state index contributed by atoms with van der Waals surface area (Å²) in [7, 11) is 0. The number of aromatic nitrogens is 2. The predicted octanol–water partition coefficient (Wildman–Crippen LogP) is 2.13. The molecule has 0 saturated heterocycles. The van der Waals surface area contributed by atoms with Gasteiger partial charge >= 0.3 is 0 Å². The lowest BCUT2D eigenvalue weighted by molar-refractivity contribution is 0.341. The van der Waals surface area contributed by atoms with Gasteiger partial charge < -0.3 is 0 Å². The van der Waals surface area contributed by atoms with E-state index in [9.17, 15) is 5.26 Å². The molecule has 1 unspecified atom stereocenters. The van der Waals surface area contributed by atoms with Crippen molar-refractivity contribution in [3.63, 3.8) is 0 Å². The van der Waals surface area contributed by atoms with Crippen LogP contribution in [0, 0.1) is 18.3 Å². The van der Waals surface area contributed by atoms with Crippen molar-refractivity contribution < 1.29 is 0 Å². The van der Waals surface area contributed by atoms with E-state index in [-0.39, 0.29) is 6.04 Å². The molecule has 0 spiro atoms. The summed E-state index contributed by atoms with van der Waals surface area (Å²) in [6.07, 6.45) is 1.60. The summed E-state index contributed by atoms with van der Waals surface area (Å²) < 4.78 is 1.75. The minimum Gasteiger partial charge on any atom is -0.296 e. The van der Waals surface area contributed by atoms with Crippen LogP contribution < -0.4 is 5.32 Å². The minimum absolute atomic E-state index is 0.246. The molecule has 0 radical (unpaired) electrons. The highest BCUT2D eigenvalue weighted by atomic mass is 35.5. The minimum atomic E-state index is -0.631. The van der Waals surface area contributed by atoms with Gasteiger partial charge in [-0.25, -0.2) is 0 Å². The summed E-state index contributed by atoms with van der Waals surface area (Å²) in [5.41, 5.74) is 0.252. The van der Waals surface area contributed by atoms with Crippen LogP contribution >= 0.6 is 11.6 Å². The quantitative estimate of drug-likeness (QED) is 0.877. The van der Waals surface area contributed by atoms with Crippen LogP contribution in [0.5, 0.6) is 0 Å². The lowest BCUT2D eigenvalue weighted by Crippen LogP contribution is -2.48. The van der Waals surface area contributed by atoms with E-state index in [1.807, 2.05) is 27.7 Å². The van der Waals surface area contributed by atoms with Gasteiger partial charge in [0.2, 0.25) is 0 Å². The van der Waals surface area contributed by atoms with Gasteiger partial charge in [-0.2, -0.15) is 10.4 Å². The molecule has 0 aliphatic heterocycles. The van der Waals surface area contributed by atoms with Crippen molar-refractivity contribution in [1.82, 2.24) is 15.1 Å². The zero-order valence-corrected chi connectivity index (χ0v) is 10.8. The van der Waals surface area contributed by atoms with Gasteiger partial charge in [0.05, 0.1) is 29.5 Å². The molecule has 1 aromatic rings. The Labute approximate surface area is 101 Å². The van der Waals surface area contributed by atoms with Crippen molar-refractivity contribution >= 4 is 11.6 Å². The summed E-state index contributed by atoms with van der Waals surface area (Å²) >= 11 is 5.92. The van der Waals surface area contributed by atoms with Crippen LogP contribution in [0.25, 0.3) is 0 Å². The summed E-state index contributed by atoms with van der Waals surface area (Å²) in [6, 6.07) is 2.53. The molecule has 1 heterocycles. The number of hydrogen-bond acceptors (Lipinski definition) is 3. The molecule has 1 aromatic heterocycles. The molecular formula is C11H17ClN4. The highest BCUT2D eigenvalue weighted by Crippen LogP contribution is 2.16. The molecule has 1 N–H and O–H groups in total. The molecule has 88 valence electrons. The van der Waals surface area contributed by atoms with Gasteiger partial charge in [-0.3, -0.25) is 10.00 Å². The molecule has 0 bridgehead atoms. The third-order valence-corrected chi connectivity index (χ3v) is 2.73. The summed E-state index contributed by atoms with van der Waals surface area (Å²) in [5, 5.41) is 17.2. The fourth-order valence-electron chi connectivity index (χ4n) is 1.63. The van der Waals surface area contributed by atoms with Gasteiger partial charge in [0.1, 0.15) is 5.54 Å². The van der Waals surface area contributed by atoms with Crippen molar-refractivity contribution in [3.05, 3.63) is 16.9 Å². The number of rotatable bonds is 4. The standard InChI is InChI=1S/C11H17ClN4/c1-8(2)15-11(4,6-13)7-16-9(3)10(12)5-14-16/h5,8,15H,7H2,1-4H3. The average molecular weight is 241 g/mol. The highest BCUT2D eigenvalue weighted by molar-refractivity contribution is 6.31. The van der Waals surface area contributed by atoms with Crippen molar-refractivity contribution in [2.45, 2.75) is 45.8 Å². The van der Waals surface area contributed by atoms with Gasteiger partial charge in [0.15, 0.2) is 0 Å². The van der Waals surface area contributed by atoms with Crippen LogP contribution in [0.1, 0.15) is 26.5 Å². The number of nitrogens with one attached hydrogen (secondary N) is 1.